The highest BCUT2D eigenvalue weighted by atomic mass is 19.1. The molecule has 6 heteroatoms. The van der Waals surface area contributed by atoms with Gasteiger partial charge >= 0.3 is 0 Å². The van der Waals surface area contributed by atoms with Crippen molar-refractivity contribution in [1.29, 1.82) is 5.26 Å². The molecule has 6 rings (SSSR count). The average molecular weight is 467 g/mol. The van der Waals surface area contributed by atoms with Crippen molar-refractivity contribution in [2.45, 2.75) is 57.8 Å². The molecule has 5 nitrogen and oxygen atoms in total. The Morgan fingerprint density at radius 2 is 1.91 bits per heavy atom. The van der Waals surface area contributed by atoms with Gasteiger partial charge in [-0.25, -0.2) is 14.4 Å². The number of aliphatic hydroxyl groups excluding tert-OH is 1. The van der Waals surface area contributed by atoms with E-state index in [0.717, 1.165) is 48.2 Å². The van der Waals surface area contributed by atoms with Crippen LogP contribution in [0.3, 0.4) is 0 Å². The summed E-state index contributed by atoms with van der Waals surface area (Å²) in [4.78, 5) is 14.7. The molecule has 1 aromatic carbocycles. The lowest BCUT2D eigenvalue weighted by Crippen LogP contribution is -2.45. The molecule has 2 aromatic heterocycles. The number of fused-ring (bicyclic) bond motifs is 4. The van der Waals surface area contributed by atoms with Crippen molar-refractivity contribution in [3.8, 4) is 28.7 Å². The first-order chi connectivity index (χ1) is 16.9. The van der Waals surface area contributed by atoms with E-state index in [2.05, 4.69) is 18.0 Å². The summed E-state index contributed by atoms with van der Waals surface area (Å²) in [6.45, 7) is 4.14. The van der Waals surface area contributed by atoms with E-state index >= 15 is 4.39 Å². The summed E-state index contributed by atoms with van der Waals surface area (Å²) >= 11 is 0. The van der Waals surface area contributed by atoms with Crippen LogP contribution in [0.4, 0.5) is 4.39 Å². The third-order valence-electron chi connectivity index (χ3n) is 8.45. The minimum absolute atomic E-state index is 0.131. The number of pyridine rings is 1. The lowest BCUT2D eigenvalue weighted by atomic mass is 9.56. The molecular formula is C29H27FN4O. The molecule has 176 valence electrons. The number of benzene rings is 1. The number of halogens is 1. The van der Waals surface area contributed by atoms with Crippen LogP contribution >= 0.6 is 0 Å². The van der Waals surface area contributed by atoms with Crippen molar-refractivity contribution < 1.29 is 9.50 Å². The van der Waals surface area contributed by atoms with E-state index in [-0.39, 0.29) is 23.4 Å². The maximum absolute atomic E-state index is 15.1. The summed E-state index contributed by atoms with van der Waals surface area (Å²) in [7, 11) is 0. The Kier molecular flexibility index (Phi) is 5.00. The largest absolute Gasteiger partial charge is 0.511 e. The lowest BCUT2D eigenvalue weighted by Gasteiger charge is -2.48. The molecule has 1 N–H and O–H groups in total. The summed E-state index contributed by atoms with van der Waals surface area (Å²) < 4.78 is 15.1. The molecule has 0 saturated carbocycles. The highest BCUT2D eigenvalue weighted by Gasteiger charge is 2.50. The second-order valence-electron chi connectivity index (χ2n) is 10.3. The Balaban J connectivity index is 1.64. The Hall–Kier alpha value is -3.59. The average Bonchev–Trinajstić information content (AvgIpc) is 3.35. The Morgan fingerprint density at radius 1 is 1.09 bits per heavy atom. The van der Waals surface area contributed by atoms with Gasteiger partial charge in [-0.1, -0.05) is 26.0 Å². The van der Waals surface area contributed by atoms with Gasteiger partial charge in [0.05, 0.1) is 23.0 Å². The summed E-state index contributed by atoms with van der Waals surface area (Å²) in [5.41, 5.74) is 6.13. The van der Waals surface area contributed by atoms with Gasteiger partial charge in [0.25, 0.3) is 0 Å². The first kappa shape index (κ1) is 21.9. The van der Waals surface area contributed by atoms with Gasteiger partial charge in [-0.15, -0.1) is 0 Å². The lowest BCUT2D eigenvalue weighted by molar-refractivity contribution is 0.136. The minimum Gasteiger partial charge on any atom is -0.511 e. The molecule has 35 heavy (non-hydrogen) atoms. The number of aliphatic hydroxyl groups is 1. The summed E-state index contributed by atoms with van der Waals surface area (Å²) in [6.07, 6.45) is 6.68. The Bertz CT molecular complexity index is 1440. The van der Waals surface area contributed by atoms with Crippen LogP contribution in [0.25, 0.3) is 22.6 Å². The number of nitrogens with zero attached hydrogens (tertiary/aromatic N) is 4. The molecule has 0 unspecified atom stereocenters. The van der Waals surface area contributed by atoms with E-state index < -0.39 is 5.41 Å². The first-order valence-corrected chi connectivity index (χ1v) is 12.4. The number of hydrogen-bond acceptors (Lipinski definition) is 5. The van der Waals surface area contributed by atoms with Gasteiger partial charge in [0.2, 0.25) is 0 Å². The Labute approximate surface area is 204 Å². The molecule has 0 fully saturated rings. The fourth-order valence-corrected chi connectivity index (χ4v) is 6.69. The molecule has 0 spiro atoms. The van der Waals surface area contributed by atoms with E-state index in [1.165, 1.54) is 11.6 Å². The van der Waals surface area contributed by atoms with Crippen molar-refractivity contribution in [1.82, 2.24) is 15.0 Å². The number of rotatable bonds is 2. The zero-order chi connectivity index (χ0) is 24.3. The van der Waals surface area contributed by atoms with Crippen molar-refractivity contribution in [2.75, 3.05) is 0 Å². The molecule has 0 amide bonds. The molecule has 2 heterocycles. The standard InChI is InChI=1S/C29H27FN4O/c1-16-22-11-10-21-25(20-6-3-4-8-23(20)30)33-28(19-12-13-32-24-9-5-7-18(19)24)34-27(21)29(22,2)14-17(15-31)26(16)35/h3-4,6,8,12-13,16,22,35H,5,7,9-11,14H2,1-2H3/t16-,22-,29-/m1/s1. The topological polar surface area (TPSA) is 82.7 Å². The number of hydrogen-bond donors (Lipinski definition) is 1. The van der Waals surface area contributed by atoms with Crippen LogP contribution in [0.15, 0.2) is 47.9 Å². The zero-order valence-corrected chi connectivity index (χ0v) is 20.0. The fraction of sp³-hybridized carbons (Fsp3) is 0.379. The highest BCUT2D eigenvalue weighted by molar-refractivity contribution is 5.71. The summed E-state index contributed by atoms with van der Waals surface area (Å²) in [5, 5.41) is 20.5. The zero-order valence-electron chi connectivity index (χ0n) is 20.0. The molecule has 0 saturated heterocycles. The monoisotopic (exact) mass is 466 g/mol. The van der Waals surface area contributed by atoms with Crippen molar-refractivity contribution in [2.24, 2.45) is 11.8 Å². The SMILES string of the molecule is C[C@H]1C(O)=C(C#N)C[C@@]2(C)c3nc(-c4ccnc5c4CCC5)nc(-c4ccccc4F)c3CC[C@H]12. The van der Waals surface area contributed by atoms with E-state index in [4.69, 9.17) is 9.97 Å². The van der Waals surface area contributed by atoms with Gasteiger partial charge in [-0.3, -0.25) is 4.98 Å². The molecule has 3 aromatic rings. The fourth-order valence-electron chi connectivity index (χ4n) is 6.69. The van der Waals surface area contributed by atoms with Crippen LogP contribution < -0.4 is 0 Å². The maximum Gasteiger partial charge on any atom is 0.160 e. The molecule has 3 atom stereocenters. The van der Waals surface area contributed by atoms with Crippen LogP contribution in [0.5, 0.6) is 0 Å². The predicted molar refractivity (Wildman–Crippen MR) is 131 cm³/mol. The van der Waals surface area contributed by atoms with E-state index in [9.17, 15) is 10.4 Å². The van der Waals surface area contributed by atoms with Gasteiger partial charge in [0.1, 0.15) is 11.6 Å². The number of allylic oxidation sites excluding steroid dienone is 2. The maximum atomic E-state index is 15.1. The number of aryl methyl sites for hydroxylation is 1. The van der Waals surface area contributed by atoms with Crippen LogP contribution in [0.2, 0.25) is 0 Å². The second-order valence-corrected chi connectivity index (χ2v) is 10.3. The minimum atomic E-state index is -0.460. The number of aromatic nitrogens is 3. The molecule has 0 aliphatic heterocycles. The highest BCUT2D eigenvalue weighted by Crippen LogP contribution is 2.54. The van der Waals surface area contributed by atoms with Crippen LogP contribution in [0, 0.1) is 29.0 Å². The predicted octanol–water partition coefficient (Wildman–Crippen LogP) is 6.03. The quantitative estimate of drug-likeness (QED) is 0.499. The van der Waals surface area contributed by atoms with Crippen molar-refractivity contribution >= 4 is 0 Å². The van der Waals surface area contributed by atoms with Crippen molar-refractivity contribution in [3.05, 3.63) is 76.2 Å². The summed E-state index contributed by atoms with van der Waals surface area (Å²) in [6, 6.07) is 11.0. The smallest absolute Gasteiger partial charge is 0.160 e. The van der Waals surface area contributed by atoms with Gasteiger partial charge in [0, 0.05) is 39.9 Å². The van der Waals surface area contributed by atoms with Crippen LogP contribution in [-0.2, 0) is 24.7 Å². The van der Waals surface area contributed by atoms with Crippen LogP contribution in [-0.4, -0.2) is 20.1 Å². The normalized spacial score (nSPS) is 25.0. The van der Waals surface area contributed by atoms with Gasteiger partial charge < -0.3 is 5.11 Å². The van der Waals surface area contributed by atoms with Gasteiger partial charge in [0.15, 0.2) is 5.82 Å². The molecule has 3 aliphatic rings. The second kappa shape index (κ2) is 7.98. The van der Waals surface area contributed by atoms with E-state index in [0.29, 0.717) is 35.5 Å². The van der Waals surface area contributed by atoms with Crippen LogP contribution in [0.1, 0.15) is 55.6 Å². The molecule has 0 bridgehead atoms. The van der Waals surface area contributed by atoms with Gasteiger partial charge in [-0.2, -0.15) is 5.26 Å². The van der Waals surface area contributed by atoms with E-state index in [1.807, 2.05) is 25.3 Å². The summed E-state index contributed by atoms with van der Waals surface area (Å²) in [5.74, 6) is 0.478. The first-order valence-electron chi connectivity index (χ1n) is 12.4. The third kappa shape index (κ3) is 3.21. The third-order valence-corrected chi connectivity index (χ3v) is 8.45. The van der Waals surface area contributed by atoms with E-state index in [1.54, 1.807) is 12.1 Å². The molecule has 0 radical (unpaired) electrons. The molecular weight excluding hydrogens is 439 g/mol. The number of nitriles is 1. The Morgan fingerprint density at radius 3 is 2.71 bits per heavy atom. The molecule has 3 aliphatic carbocycles. The van der Waals surface area contributed by atoms with Crippen molar-refractivity contribution in [3.63, 3.8) is 0 Å². The van der Waals surface area contributed by atoms with Gasteiger partial charge in [-0.05, 0) is 68.2 Å².